The summed E-state index contributed by atoms with van der Waals surface area (Å²) in [5.74, 6) is -0.905. The molecule has 2 rings (SSSR count). The van der Waals surface area contributed by atoms with Crippen LogP contribution in [0.4, 0.5) is 8.78 Å². The van der Waals surface area contributed by atoms with Gasteiger partial charge in [0.25, 0.3) is 12.3 Å². The summed E-state index contributed by atoms with van der Waals surface area (Å²) in [6.07, 6.45) is -2.84. The van der Waals surface area contributed by atoms with Gasteiger partial charge >= 0.3 is 0 Å². The highest BCUT2D eigenvalue weighted by Crippen LogP contribution is 2.30. The van der Waals surface area contributed by atoms with Crippen LogP contribution in [0.3, 0.4) is 0 Å². The number of benzene rings is 1. The Morgan fingerprint density at radius 1 is 1.33 bits per heavy atom. The minimum absolute atomic E-state index is 0.223. The lowest BCUT2D eigenvalue weighted by Crippen LogP contribution is -2.14. The lowest BCUT2D eigenvalue weighted by molar-refractivity contribution is 0.0985. The number of nitrogens with two attached hydrogens (primary N) is 1. The van der Waals surface area contributed by atoms with Gasteiger partial charge in [0.2, 0.25) is 0 Å². The number of hydrogen-bond acceptors (Lipinski definition) is 2. The molecule has 1 heterocycles. The SMILES string of the molecule is Cn1nc(C(F)F)c(C(N)=O)c1-c1ccccc1. The summed E-state index contributed by atoms with van der Waals surface area (Å²) < 4.78 is 26.9. The zero-order valence-corrected chi connectivity index (χ0v) is 9.60. The number of nitrogens with zero attached hydrogens (tertiary/aromatic N) is 2. The Kier molecular flexibility index (Phi) is 3.10. The molecule has 0 aliphatic rings. The molecule has 6 heteroatoms. The van der Waals surface area contributed by atoms with Crippen molar-refractivity contribution in [2.24, 2.45) is 12.8 Å². The number of alkyl halides is 2. The number of carbonyl (C=O) groups excluding carboxylic acids is 1. The molecule has 18 heavy (non-hydrogen) atoms. The average molecular weight is 251 g/mol. The molecule has 2 aromatic rings. The lowest BCUT2D eigenvalue weighted by Gasteiger charge is -2.04. The first-order chi connectivity index (χ1) is 8.52. The van der Waals surface area contributed by atoms with Crippen molar-refractivity contribution in [2.45, 2.75) is 6.43 Å². The zero-order valence-electron chi connectivity index (χ0n) is 9.60. The first-order valence-electron chi connectivity index (χ1n) is 5.22. The Hall–Kier alpha value is -2.24. The fourth-order valence-electron chi connectivity index (χ4n) is 1.87. The number of amides is 1. The fourth-order valence-corrected chi connectivity index (χ4v) is 1.87. The van der Waals surface area contributed by atoms with Gasteiger partial charge in [0.05, 0.1) is 11.3 Å². The van der Waals surface area contributed by atoms with E-state index in [1.807, 2.05) is 0 Å². The first-order valence-corrected chi connectivity index (χ1v) is 5.22. The number of halogens is 2. The van der Waals surface area contributed by atoms with Crippen LogP contribution in [0.1, 0.15) is 22.5 Å². The topological polar surface area (TPSA) is 60.9 Å². The molecule has 0 atom stereocenters. The van der Waals surface area contributed by atoms with Gasteiger partial charge in [-0.25, -0.2) is 8.78 Å². The molecule has 0 saturated carbocycles. The van der Waals surface area contributed by atoms with Crippen LogP contribution in [0.15, 0.2) is 30.3 Å². The largest absolute Gasteiger partial charge is 0.365 e. The Morgan fingerprint density at radius 2 is 1.94 bits per heavy atom. The summed E-state index contributed by atoms with van der Waals surface area (Å²) in [5, 5.41) is 3.67. The van der Waals surface area contributed by atoms with Crippen molar-refractivity contribution in [1.29, 1.82) is 0 Å². The third-order valence-electron chi connectivity index (χ3n) is 2.57. The number of hydrogen-bond donors (Lipinski definition) is 1. The van der Waals surface area contributed by atoms with Crippen molar-refractivity contribution >= 4 is 5.91 Å². The predicted molar refractivity (Wildman–Crippen MR) is 62.1 cm³/mol. The van der Waals surface area contributed by atoms with Gasteiger partial charge in [0, 0.05) is 12.6 Å². The second-order valence-corrected chi connectivity index (χ2v) is 3.76. The minimum Gasteiger partial charge on any atom is -0.365 e. The average Bonchev–Trinajstić information content (AvgIpc) is 2.68. The first kappa shape index (κ1) is 12.2. The summed E-state index contributed by atoms with van der Waals surface area (Å²) >= 11 is 0. The van der Waals surface area contributed by atoms with E-state index in [-0.39, 0.29) is 5.56 Å². The molecule has 1 aromatic carbocycles. The van der Waals surface area contributed by atoms with E-state index in [1.165, 1.54) is 11.7 Å². The van der Waals surface area contributed by atoms with Crippen molar-refractivity contribution in [1.82, 2.24) is 9.78 Å². The molecule has 0 unspecified atom stereocenters. The van der Waals surface area contributed by atoms with E-state index in [2.05, 4.69) is 5.10 Å². The number of primary amides is 1. The van der Waals surface area contributed by atoms with Crippen molar-refractivity contribution < 1.29 is 13.6 Å². The summed E-state index contributed by atoms with van der Waals surface area (Å²) in [6.45, 7) is 0. The van der Waals surface area contributed by atoms with E-state index >= 15 is 0 Å². The number of rotatable bonds is 3. The Labute approximate surface area is 102 Å². The molecule has 0 saturated heterocycles. The monoisotopic (exact) mass is 251 g/mol. The third kappa shape index (κ3) is 1.97. The summed E-state index contributed by atoms with van der Waals surface area (Å²) in [6, 6.07) is 8.69. The molecule has 1 aromatic heterocycles. The molecule has 0 spiro atoms. The molecule has 0 aliphatic carbocycles. The summed E-state index contributed by atoms with van der Waals surface area (Å²) in [7, 11) is 1.50. The van der Waals surface area contributed by atoms with Gasteiger partial charge in [-0.05, 0) is 0 Å². The maximum atomic E-state index is 12.8. The van der Waals surface area contributed by atoms with Crippen LogP contribution in [0, 0.1) is 0 Å². The lowest BCUT2D eigenvalue weighted by atomic mass is 10.1. The van der Waals surface area contributed by atoms with Crippen LogP contribution in [-0.4, -0.2) is 15.7 Å². The Balaban J connectivity index is 2.71. The van der Waals surface area contributed by atoms with E-state index < -0.39 is 18.0 Å². The molecular weight excluding hydrogens is 240 g/mol. The van der Waals surface area contributed by atoms with Crippen LogP contribution in [0.25, 0.3) is 11.3 Å². The van der Waals surface area contributed by atoms with E-state index in [1.54, 1.807) is 30.3 Å². The molecule has 1 amide bonds. The van der Waals surface area contributed by atoms with Gasteiger partial charge in [-0.1, -0.05) is 30.3 Å². The molecule has 0 bridgehead atoms. The highest BCUT2D eigenvalue weighted by atomic mass is 19.3. The van der Waals surface area contributed by atoms with Crippen molar-refractivity contribution in [3.63, 3.8) is 0 Å². The van der Waals surface area contributed by atoms with Crippen LogP contribution in [0.5, 0.6) is 0 Å². The van der Waals surface area contributed by atoms with Crippen LogP contribution < -0.4 is 5.73 Å². The van der Waals surface area contributed by atoms with Crippen molar-refractivity contribution in [3.8, 4) is 11.3 Å². The van der Waals surface area contributed by atoms with E-state index in [4.69, 9.17) is 5.73 Å². The van der Waals surface area contributed by atoms with Crippen molar-refractivity contribution in [3.05, 3.63) is 41.6 Å². The maximum Gasteiger partial charge on any atom is 0.282 e. The minimum atomic E-state index is -2.84. The number of aryl methyl sites for hydroxylation is 1. The van der Waals surface area contributed by atoms with Gasteiger partial charge < -0.3 is 5.73 Å². The summed E-state index contributed by atoms with van der Waals surface area (Å²) in [5.41, 5.74) is 5.30. The van der Waals surface area contributed by atoms with Crippen molar-refractivity contribution in [2.75, 3.05) is 0 Å². The van der Waals surface area contributed by atoms with E-state index in [0.29, 0.717) is 11.3 Å². The fraction of sp³-hybridized carbons (Fsp3) is 0.167. The maximum absolute atomic E-state index is 12.8. The second kappa shape index (κ2) is 4.56. The highest BCUT2D eigenvalue weighted by molar-refractivity contribution is 6.00. The van der Waals surface area contributed by atoms with Gasteiger partial charge in [-0.2, -0.15) is 5.10 Å². The van der Waals surface area contributed by atoms with Crippen LogP contribution >= 0.6 is 0 Å². The Bertz CT molecular complexity index is 579. The number of carbonyl (C=O) groups is 1. The molecule has 4 nitrogen and oxygen atoms in total. The quantitative estimate of drug-likeness (QED) is 0.908. The van der Waals surface area contributed by atoms with Crippen LogP contribution in [-0.2, 0) is 7.05 Å². The molecular formula is C12H11F2N3O. The molecule has 2 N–H and O–H groups in total. The van der Waals surface area contributed by atoms with Crippen LogP contribution in [0.2, 0.25) is 0 Å². The number of aromatic nitrogens is 2. The molecule has 94 valence electrons. The molecule has 0 aliphatic heterocycles. The van der Waals surface area contributed by atoms with Gasteiger partial charge in [0.15, 0.2) is 0 Å². The van der Waals surface area contributed by atoms with E-state index in [9.17, 15) is 13.6 Å². The normalized spacial score (nSPS) is 10.9. The smallest absolute Gasteiger partial charge is 0.282 e. The standard InChI is InChI=1S/C12H11F2N3O/c1-17-10(7-5-3-2-4-6-7)8(12(15)18)9(16-17)11(13)14/h2-6,11H,1H3,(H2,15,18). The summed E-state index contributed by atoms with van der Waals surface area (Å²) in [4.78, 5) is 11.4. The van der Waals surface area contributed by atoms with E-state index in [0.717, 1.165) is 0 Å². The third-order valence-corrected chi connectivity index (χ3v) is 2.57. The highest BCUT2D eigenvalue weighted by Gasteiger charge is 2.26. The molecule has 0 radical (unpaired) electrons. The predicted octanol–water partition coefficient (Wildman–Crippen LogP) is 2.12. The second-order valence-electron chi connectivity index (χ2n) is 3.76. The Morgan fingerprint density at radius 3 is 2.44 bits per heavy atom. The zero-order chi connectivity index (χ0) is 13.3. The molecule has 0 fully saturated rings. The van der Waals surface area contributed by atoms with Gasteiger partial charge in [-0.15, -0.1) is 0 Å². The van der Waals surface area contributed by atoms with Gasteiger partial charge in [0.1, 0.15) is 5.69 Å². The van der Waals surface area contributed by atoms with Gasteiger partial charge in [-0.3, -0.25) is 9.48 Å².